The second kappa shape index (κ2) is 7.62. The van der Waals surface area contributed by atoms with E-state index in [1.807, 2.05) is 6.07 Å². The summed E-state index contributed by atoms with van der Waals surface area (Å²) < 4.78 is 2.42. The van der Waals surface area contributed by atoms with E-state index in [0.29, 0.717) is 11.8 Å². The van der Waals surface area contributed by atoms with Gasteiger partial charge in [-0.2, -0.15) is 0 Å². The Balaban J connectivity index is 1.45. The van der Waals surface area contributed by atoms with Crippen LogP contribution in [0.25, 0.3) is 5.69 Å². The van der Waals surface area contributed by atoms with Crippen molar-refractivity contribution in [1.82, 2.24) is 14.5 Å². The molecule has 29 heavy (non-hydrogen) atoms. The van der Waals surface area contributed by atoms with Gasteiger partial charge < -0.3 is 0 Å². The fourth-order valence-corrected chi connectivity index (χ4v) is 5.51. The molecule has 1 aliphatic heterocycles. The first-order chi connectivity index (χ1) is 14.1. The number of hydrogen-bond donors (Lipinski definition) is 0. The van der Waals surface area contributed by atoms with Crippen LogP contribution in [0.4, 0.5) is 0 Å². The Kier molecular flexibility index (Phi) is 4.97. The predicted molar refractivity (Wildman–Crippen MR) is 119 cm³/mol. The van der Waals surface area contributed by atoms with Gasteiger partial charge in [0.1, 0.15) is 5.82 Å². The van der Waals surface area contributed by atoms with Crippen molar-refractivity contribution in [3.8, 4) is 5.69 Å². The Labute approximate surface area is 178 Å². The van der Waals surface area contributed by atoms with Crippen molar-refractivity contribution in [1.29, 1.82) is 0 Å². The smallest absolute Gasteiger partial charge is 0.127 e. The van der Waals surface area contributed by atoms with Crippen LogP contribution in [0.15, 0.2) is 48.7 Å². The highest BCUT2D eigenvalue weighted by molar-refractivity contribution is 6.30. The molecule has 150 valence electrons. The third kappa shape index (κ3) is 3.51. The van der Waals surface area contributed by atoms with E-state index in [4.69, 9.17) is 16.6 Å². The molecule has 4 heteroatoms. The minimum atomic E-state index is 0.573. The summed E-state index contributed by atoms with van der Waals surface area (Å²) in [5, 5.41) is 0.806. The standard InChI is InChI=1S/C25H28ClN3/c1-17-5-3-4-6-22(17)18-7-9-19(10-8-18)24-14-27-25-16-28(2)15-20-13-21(26)11-12-23(20)29(24)25/h3-6,11-14,18-19H,7-10,15-16H2,1-2H3/t18-,19+. The van der Waals surface area contributed by atoms with Crippen LogP contribution in [0, 0.1) is 6.92 Å². The SMILES string of the molecule is Cc1ccccc1[C@H]1CC[C@@H](c2cnc3n2-c2ccc(Cl)cc2CN(C)C3)CC1. The fraction of sp³-hybridized carbons (Fsp3) is 0.400. The Morgan fingerprint density at radius 1 is 0.966 bits per heavy atom. The number of benzene rings is 2. The number of hydrogen-bond acceptors (Lipinski definition) is 2. The first-order valence-electron chi connectivity index (χ1n) is 10.7. The van der Waals surface area contributed by atoms with Gasteiger partial charge >= 0.3 is 0 Å². The van der Waals surface area contributed by atoms with E-state index < -0.39 is 0 Å². The highest BCUT2D eigenvalue weighted by atomic mass is 35.5. The Morgan fingerprint density at radius 3 is 2.52 bits per heavy atom. The molecule has 1 aliphatic carbocycles. The number of aryl methyl sites for hydroxylation is 1. The van der Waals surface area contributed by atoms with Crippen molar-refractivity contribution in [2.45, 2.75) is 57.5 Å². The zero-order chi connectivity index (χ0) is 20.0. The Morgan fingerprint density at radius 2 is 1.72 bits per heavy atom. The minimum absolute atomic E-state index is 0.573. The molecule has 0 unspecified atom stereocenters. The maximum atomic E-state index is 6.31. The lowest BCUT2D eigenvalue weighted by molar-refractivity contribution is 0.315. The molecule has 2 aliphatic rings. The fourth-order valence-electron chi connectivity index (χ4n) is 5.31. The van der Waals surface area contributed by atoms with Crippen LogP contribution in [-0.4, -0.2) is 21.5 Å². The summed E-state index contributed by atoms with van der Waals surface area (Å²) in [6.07, 6.45) is 7.09. The normalized spacial score (nSPS) is 22.0. The molecule has 5 rings (SSSR count). The summed E-state index contributed by atoms with van der Waals surface area (Å²) in [4.78, 5) is 7.16. The minimum Gasteiger partial charge on any atom is -0.299 e. The molecule has 0 N–H and O–H groups in total. The second-order valence-electron chi connectivity index (χ2n) is 8.79. The van der Waals surface area contributed by atoms with Gasteiger partial charge in [0.15, 0.2) is 0 Å². The predicted octanol–water partition coefficient (Wildman–Crippen LogP) is 6.22. The molecule has 3 nitrogen and oxygen atoms in total. The molecular formula is C25H28ClN3. The third-order valence-electron chi connectivity index (χ3n) is 6.77. The Bertz CT molecular complexity index is 1030. The van der Waals surface area contributed by atoms with Crippen LogP contribution in [0.5, 0.6) is 0 Å². The highest BCUT2D eigenvalue weighted by Crippen LogP contribution is 2.42. The number of nitrogens with zero attached hydrogens (tertiary/aromatic N) is 3. The molecule has 1 aromatic heterocycles. The molecule has 0 atom stereocenters. The van der Waals surface area contributed by atoms with E-state index in [-0.39, 0.29) is 0 Å². The largest absolute Gasteiger partial charge is 0.299 e. The van der Waals surface area contributed by atoms with Crippen molar-refractivity contribution >= 4 is 11.6 Å². The van der Waals surface area contributed by atoms with Crippen LogP contribution in [-0.2, 0) is 13.1 Å². The van der Waals surface area contributed by atoms with Gasteiger partial charge in [0.25, 0.3) is 0 Å². The summed E-state index contributed by atoms with van der Waals surface area (Å²) >= 11 is 6.31. The van der Waals surface area contributed by atoms with Crippen LogP contribution in [0.1, 0.15) is 65.7 Å². The van der Waals surface area contributed by atoms with Crippen LogP contribution >= 0.6 is 11.6 Å². The molecule has 0 spiro atoms. The molecule has 0 saturated heterocycles. The molecule has 0 radical (unpaired) electrons. The van der Waals surface area contributed by atoms with E-state index >= 15 is 0 Å². The number of aromatic nitrogens is 2. The van der Waals surface area contributed by atoms with Crippen molar-refractivity contribution in [3.63, 3.8) is 0 Å². The number of halogens is 1. The zero-order valence-electron chi connectivity index (χ0n) is 17.2. The molecular weight excluding hydrogens is 378 g/mol. The lowest BCUT2D eigenvalue weighted by Crippen LogP contribution is -2.17. The number of rotatable bonds is 2. The van der Waals surface area contributed by atoms with E-state index in [1.165, 1.54) is 48.2 Å². The van der Waals surface area contributed by atoms with Crippen molar-refractivity contribution in [2.24, 2.45) is 0 Å². The van der Waals surface area contributed by atoms with Crippen LogP contribution in [0.2, 0.25) is 5.02 Å². The summed E-state index contributed by atoms with van der Waals surface area (Å²) in [6.45, 7) is 4.01. The highest BCUT2D eigenvalue weighted by Gasteiger charge is 2.29. The average Bonchev–Trinajstić information content (AvgIpc) is 3.06. The molecule has 2 aromatic carbocycles. The van der Waals surface area contributed by atoms with E-state index in [9.17, 15) is 0 Å². The average molecular weight is 406 g/mol. The summed E-state index contributed by atoms with van der Waals surface area (Å²) in [6, 6.07) is 15.2. The molecule has 3 aromatic rings. The van der Waals surface area contributed by atoms with Gasteiger partial charge in [-0.25, -0.2) is 4.98 Å². The second-order valence-corrected chi connectivity index (χ2v) is 9.22. The number of fused-ring (bicyclic) bond motifs is 3. The molecule has 0 amide bonds. The molecule has 1 fully saturated rings. The third-order valence-corrected chi connectivity index (χ3v) is 7.01. The number of imidazole rings is 1. The first kappa shape index (κ1) is 18.9. The van der Waals surface area contributed by atoms with Crippen molar-refractivity contribution in [3.05, 3.63) is 81.9 Å². The van der Waals surface area contributed by atoms with E-state index in [0.717, 1.165) is 23.9 Å². The van der Waals surface area contributed by atoms with Crippen LogP contribution in [0.3, 0.4) is 0 Å². The lowest BCUT2D eigenvalue weighted by atomic mass is 9.76. The van der Waals surface area contributed by atoms with Gasteiger partial charge in [-0.05, 0) is 80.5 Å². The lowest BCUT2D eigenvalue weighted by Gasteiger charge is -2.30. The van der Waals surface area contributed by atoms with E-state index in [1.54, 1.807) is 5.56 Å². The van der Waals surface area contributed by atoms with Gasteiger partial charge in [0.2, 0.25) is 0 Å². The maximum absolute atomic E-state index is 6.31. The topological polar surface area (TPSA) is 21.1 Å². The molecule has 0 bridgehead atoms. The summed E-state index contributed by atoms with van der Waals surface area (Å²) in [5.41, 5.74) is 6.89. The quantitative estimate of drug-likeness (QED) is 0.504. The monoisotopic (exact) mass is 405 g/mol. The van der Waals surface area contributed by atoms with Gasteiger partial charge in [-0.1, -0.05) is 35.9 Å². The van der Waals surface area contributed by atoms with Gasteiger partial charge in [-0.15, -0.1) is 0 Å². The zero-order valence-corrected chi connectivity index (χ0v) is 18.0. The van der Waals surface area contributed by atoms with Crippen molar-refractivity contribution < 1.29 is 0 Å². The van der Waals surface area contributed by atoms with E-state index in [2.05, 4.69) is 66.0 Å². The maximum Gasteiger partial charge on any atom is 0.127 e. The van der Waals surface area contributed by atoms with Gasteiger partial charge in [0, 0.05) is 29.4 Å². The first-order valence-corrected chi connectivity index (χ1v) is 11.1. The summed E-state index contributed by atoms with van der Waals surface area (Å²) in [5.74, 6) is 2.41. The van der Waals surface area contributed by atoms with Gasteiger partial charge in [0.05, 0.1) is 12.2 Å². The molecule has 1 saturated carbocycles. The van der Waals surface area contributed by atoms with Gasteiger partial charge in [-0.3, -0.25) is 9.47 Å². The van der Waals surface area contributed by atoms with Crippen LogP contribution < -0.4 is 0 Å². The van der Waals surface area contributed by atoms with Crippen molar-refractivity contribution in [2.75, 3.05) is 7.05 Å². The molecule has 2 heterocycles. The Hall–Kier alpha value is -2.10. The summed E-state index contributed by atoms with van der Waals surface area (Å²) in [7, 11) is 2.15.